The molecule has 0 spiro atoms. The van der Waals surface area contributed by atoms with Gasteiger partial charge < -0.3 is 15.0 Å². The number of nitrogens with zero attached hydrogens (tertiary/aromatic N) is 3. The molecule has 3 aliphatic rings. The molecule has 1 amide bonds. The fourth-order valence-corrected chi connectivity index (χ4v) is 4.76. The van der Waals surface area contributed by atoms with Gasteiger partial charge in [0.2, 0.25) is 0 Å². The monoisotopic (exact) mass is 368 g/mol. The molecule has 6 nitrogen and oxygen atoms in total. The maximum atomic E-state index is 11.7. The van der Waals surface area contributed by atoms with Crippen molar-refractivity contribution < 1.29 is 9.53 Å². The van der Waals surface area contributed by atoms with Crippen molar-refractivity contribution in [1.29, 1.82) is 5.26 Å². The van der Waals surface area contributed by atoms with E-state index in [1.165, 1.54) is 19.1 Å². The molecule has 0 aromatic heterocycles. The molecule has 1 N–H and O–H groups in total. The lowest BCUT2D eigenvalue weighted by Crippen LogP contribution is -2.72. The molecule has 0 bridgehead atoms. The Morgan fingerprint density at radius 1 is 1.30 bits per heavy atom. The number of hydrogen-bond acceptors (Lipinski definition) is 5. The molecule has 27 heavy (non-hydrogen) atoms. The van der Waals surface area contributed by atoms with E-state index >= 15 is 0 Å². The summed E-state index contributed by atoms with van der Waals surface area (Å²) in [4.78, 5) is 15.8. The number of nitrogens with one attached hydrogen (secondary N) is 1. The number of ether oxygens (including phenoxy) is 1. The third-order valence-corrected chi connectivity index (χ3v) is 6.45. The molecule has 2 saturated heterocycles. The SMILES string of the molecule is COC(=O)N1CC(CC#N)(N2CCC(NC3CC3c3ccccc3)CC2)C1. The van der Waals surface area contributed by atoms with E-state index in [4.69, 9.17) is 4.74 Å². The standard InChI is InChI=1S/C21H28N4O2/c1-27-20(26)24-14-21(15-24,9-10-22)25-11-7-17(8-12-25)23-19-13-18(19)16-5-3-2-4-6-16/h2-6,17-19,23H,7-9,11-15H2,1H3. The second-order valence-electron chi connectivity index (χ2n) is 8.17. The van der Waals surface area contributed by atoms with Crippen molar-refractivity contribution in [2.45, 2.75) is 49.2 Å². The van der Waals surface area contributed by atoms with Crippen LogP contribution < -0.4 is 5.32 Å². The predicted molar refractivity (Wildman–Crippen MR) is 102 cm³/mol. The highest BCUT2D eigenvalue weighted by Crippen LogP contribution is 2.41. The molecule has 6 heteroatoms. The van der Waals surface area contributed by atoms with E-state index in [1.807, 2.05) is 0 Å². The van der Waals surface area contributed by atoms with Gasteiger partial charge in [-0.15, -0.1) is 0 Å². The van der Waals surface area contributed by atoms with Crippen LogP contribution in [-0.2, 0) is 4.74 Å². The molecule has 4 rings (SSSR count). The highest BCUT2D eigenvalue weighted by Gasteiger charge is 2.50. The highest BCUT2D eigenvalue weighted by molar-refractivity contribution is 5.69. The first kappa shape index (κ1) is 18.3. The molecular formula is C21H28N4O2. The van der Waals surface area contributed by atoms with Crippen LogP contribution in [0.25, 0.3) is 0 Å². The summed E-state index contributed by atoms with van der Waals surface area (Å²) < 4.78 is 4.80. The quantitative estimate of drug-likeness (QED) is 0.864. The third kappa shape index (κ3) is 3.67. The number of benzene rings is 1. The third-order valence-electron chi connectivity index (χ3n) is 6.45. The summed E-state index contributed by atoms with van der Waals surface area (Å²) in [7, 11) is 1.41. The summed E-state index contributed by atoms with van der Waals surface area (Å²) in [5, 5.41) is 13.1. The van der Waals surface area contributed by atoms with Gasteiger partial charge in [-0.1, -0.05) is 30.3 Å². The van der Waals surface area contributed by atoms with Gasteiger partial charge in [0.25, 0.3) is 0 Å². The van der Waals surface area contributed by atoms with Gasteiger partial charge in [-0.3, -0.25) is 4.90 Å². The number of amides is 1. The van der Waals surface area contributed by atoms with E-state index in [2.05, 4.69) is 46.6 Å². The van der Waals surface area contributed by atoms with Crippen LogP contribution >= 0.6 is 0 Å². The maximum absolute atomic E-state index is 11.7. The zero-order valence-corrected chi connectivity index (χ0v) is 15.9. The van der Waals surface area contributed by atoms with Crippen molar-refractivity contribution in [1.82, 2.24) is 15.1 Å². The summed E-state index contributed by atoms with van der Waals surface area (Å²) in [5.41, 5.74) is 1.26. The minimum atomic E-state index is -0.291. The van der Waals surface area contributed by atoms with Crippen LogP contribution in [0.5, 0.6) is 0 Å². The lowest BCUT2D eigenvalue weighted by Gasteiger charge is -2.55. The Morgan fingerprint density at radius 3 is 2.63 bits per heavy atom. The molecule has 1 saturated carbocycles. The van der Waals surface area contributed by atoms with Gasteiger partial charge in [0.15, 0.2) is 0 Å². The summed E-state index contributed by atoms with van der Waals surface area (Å²) in [6.45, 7) is 3.17. The Bertz CT molecular complexity index is 703. The topological polar surface area (TPSA) is 68.6 Å². The summed E-state index contributed by atoms with van der Waals surface area (Å²) >= 11 is 0. The molecule has 2 aliphatic heterocycles. The lowest BCUT2D eigenvalue weighted by atomic mass is 9.83. The Hall–Kier alpha value is -2.10. The second-order valence-corrected chi connectivity index (χ2v) is 8.17. The van der Waals surface area contributed by atoms with E-state index in [0.29, 0.717) is 37.5 Å². The van der Waals surface area contributed by atoms with Gasteiger partial charge >= 0.3 is 6.09 Å². The Morgan fingerprint density at radius 2 is 2.00 bits per heavy atom. The Kier molecular flexibility index (Phi) is 5.07. The Balaban J connectivity index is 1.26. The highest BCUT2D eigenvalue weighted by atomic mass is 16.5. The summed E-state index contributed by atoms with van der Waals surface area (Å²) in [6, 6.07) is 14.2. The molecule has 3 fully saturated rings. The van der Waals surface area contributed by atoms with E-state index in [0.717, 1.165) is 25.9 Å². The minimum Gasteiger partial charge on any atom is -0.453 e. The molecule has 1 aliphatic carbocycles. The van der Waals surface area contributed by atoms with Crippen LogP contribution in [-0.4, -0.2) is 66.8 Å². The number of hydrogen-bond donors (Lipinski definition) is 1. The van der Waals surface area contributed by atoms with Gasteiger partial charge in [0.1, 0.15) is 0 Å². The molecule has 0 radical (unpaired) electrons. The predicted octanol–water partition coefficient (Wildman–Crippen LogP) is 2.33. The average Bonchev–Trinajstić information content (AvgIpc) is 3.44. The maximum Gasteiger partial charge on any atom is 0.409 e. The fraction of sp³-hybridized carbons (Fsp3) is 0.619. The smallest absolute Gasteiger partial charge is 0.409 e. The molecule has 1 aromatic rings. The Labute approximate surface area is 161 Å². The van der Waals surface area contributed by atoms with Gasteiger partial charge in [0, 0.05) is 44.2 Å². The number of rotatable bonds is 5. The van der Waals surface area contributed by atoms with E-state index in [1.54, 1.807) is 4.90 Å². The van der Waals surface area contributed by atoms with Crippen LogP contribution in [0.3, 0.4) is 0 Å². The van der Waals surface area contributed by atoms with Gasteiger partial charge in [-0.25, -0.2) is 4.79 Å². The summed E-state index contributed by atoms with van der Waals surface area (Å²) in [6.07, 6.45) is 3.61. The van der Waals surface area contributed by atoms with Crippen molar-refractivity contribution in [2.75, 3.05) is 33.3 Å². The molecule has 2 atom stereocenters. The first-order valence-corrected chi connectivity index (χ1v) is 9.91. The molecule has 2 unspecified atom stereocenters. The van der Waals surface area contributed by atoms with Gasteiger partial charge in [0.05, 0.1) is 25.1 Å². The summed E-state index contributed by atoms with van der Waals surface area (Å²) in [5.74, 6) is 0.661. The van der Waals surface area contributed by atoms with Crippen LogP contribution in [0.2, 0.25) is 0 Å². The van der Waals surface area contributed by atoms with Crippen LogP contribution in [0.15, 0.2) is 30.3 Å². The first-order valence-electron chi connectivity index (χ1n) is 9.91. The number of piperidine rings is 1. The molecule has 1 aromatic carbocycles. The average molecular weight is 368 g/mol. The zero-order chi connectivity index (χ0) is 18.9. The number of carbonyl (C=O) groups excluding carboxylic acids is 1. The first-order chi connectivity index (χ1) is 13.1. The van der Waals surface area contributed by atoms with E-state index in [9.17, 15) is 10.1 Å². The van der Waals surface area contributed by atoms with Gasteiger partial charge in [-0.2, -0.15) is 5.26 Å². The van der Waals surface area contributed by atoms with Crippen LogP contribution in [0, 0.1) is 11.3 Å². The van der Waals surface area contributed by atoms with E-state index in [-0.39, 0.29) is 11.6 Å². The largest absolute Gasteiger partial charge is 0.453 e. The minimum absolute atomic E-state index is 0.180. The number of likely N-dealkylation sites (tertiary alicyclic amines) is 2. The fourth-order valence-electron chi connectivity index (χ4n) is 4.76. The lowest BCUT2D eigenvalue weighted by molar-refractivity contribution is -0.0547. The number of carbonyl (C=O) groups is 1. The van der Waals surface area contributed by atoms with Crippen LogP contribution in [0.4, 0.5) is 4.79 Å². The zero-order valence-electron chi connectivity index (χ0n) is 15.9. The van der Waals surface area contributed by atoms with Crippen molar-refractivity contribution in [3.8, 4) is 6.07 Å². The number of methoxy groups -OCH3 is 1. The van der Waals surface area contributed by atoms with E-state index < -0.39 is 0 Å². The second kappa shape index (κ2) is 7.49. The normalized spacial score (nSPS) is 27.5. The molecule has 144 valence electrons. The van der Waals surface area contributed by atoms with Crippen molar-refractivity contribution in [3.05, 3.63) is 35.9 Å². The van der Waals surface area contributed by atoms with Crippen molar-refractivity contribution in [3.63, 3.8) is 0 Å². The molecular weight excluding hydrogens is 340 g/mol. The van der Waals surface area contributed by atoms with Crippen molar-refractivity contribution >= 4 is 6.09 Å². The van der Waals surface area contributed by atoms with Crippen LogP contribution in [0.1, 0.15) is 37.2 Å². The number of nitriles is 1. The van der Waals surface area contributed by atoms with Gasteiger partial charge in [-0.05, 0) is 24.8 Å². The molecule has 2 heterocycles. The van der Waals surface area contributed by atoms with Crippen molar-refractivity contribution in [2.24, 2.45) is 0 Å².